The molecule has 26 heavy (non-hydrogen) atoms. The van der Waals surface area contributed by atoms with Crippen molar-refractivity contribution < 1.29 is 4.79 Å². The van der Waals surface area contributed by atoms with Gasteiger partial charge in [0.2, 0.25) is 11.9 Å². The number of nitrogens with one attached hydrogen (secondary N) is 2. The summed E-state index contributed by atoms with van der Waals surface area (Å²) in [6.07, 6.45) is 5.78. The molecular formula is C19H20N6O. The number of nitrogens with zero attached hydrogens (tertiary/aromatic N) is 4. The first-order valence-electron chi connectivity index (χ1n) is 8.70. The lowest BCUT2D eigenvalue weighted by molar-refractivity contribution is -0.116. The Morgan fingerprint density at radius 2 is 1.96 bits per heavy atom. The number of hydrogen-bond donors (Lipinski definition) is 2. The van der Waals surface area contributed by atoms with Crippen molar-refractivity contribution in [2.24, 2.45) is 0 Å². The molecule has 1 aliphatic rings. The number of carbonyl (C=O) groups excluding carboxylic acids is 1. The number of aryl methyl sites for hydroxylation is 1. The molecule has 3 aromatic rings. The summed E-state index contributed by atoms with van der Waals surface area (Å²) in [6, 6.07) is 10.1. The molecular weight excluding hydrogens is 328 g/mol. The summed E-state index contributed by atoms with van der Waals surface area (Å²) in [5.74, 6) is 1.27. The second kappa shape index (κ2) is 6.95. The third-order valence-corrected chi connectivity index (χ3v) is 4.56. The Bertz CT molecular complexity index is 904. The quantitative estimate of drug-likeness (QED) is 0.741. The van der Waals surface area contributed by atoms with E-state index in [0.717, 1.165) is 16.9 Å². The van der Waals surface area contributed by atoms with Gasteiger partial charge in [-0.25, -0.2) is 14.6 Å². The van der Waals surface area contributed by atoms with Crippen LogP contribution in [0.15, 0.2) is 48.9 Å². The maximum Gasteiger partial charge on any atom is 0.226 e. The monoisotopic (exact) mass is 348 g/mol. The van der Waals surface area contributed by atoms with Crippen LogP contribution in [-0.2, 0) is 17.9 Å². The van der Waals surface area contributed by atoms with Crippen LogP contribution < -0.4 is 10.6 Å². The fraction of sp³-hybridized carbons (Fsp3) is 0.263. The minimum Gasteiger partial charge on any atom is -0.350 e. The van der Waals surface area contributed by atoms with E-state index < -0.39 is 0 Å². The first kappa shape index (κ1) is 16.3. The third kappa shape index (κ3) is 3.15. The van der Waals surface area contributed by atoms with E-state index in [1.165, 1.54) is 5.56 Å². The Labute approximate surface area is 151 Å². The lowest BCUT2D eigenvalue weighted by Gasteiger charge is -2.23. The first-order valence-corrected chi connectivity index (χ1v) is 8.70. The molecule has 3 heterocycles. The average Bonchev–Trinajstić information content (AvgIpc) is 3.10. The number of rotatable bonds is 5. The molecule has 1 aromatic carbocycles. The van der Waals surface area contributed by atoms with Gasteiger partial charge in [-0.15, -0.1) is 0 Å². The molecule has 2 aromatic heterocycles. The Kier molecular flexibility index (Phi) is 4.35. The SMILES string of the molecule is CCn1ncc2c1NC(=O)C[C@@H]2c1cnc(NCc2ccccc2)nc1. The largest absolute Gasteiger partial charge is 0.350 e. The third-order valence-electron chi connectivity index (χ3n) is 4.56. The van der Waals surface area contributed by atoms with Crippen molar-refractivity contribution in [3.8, 4) is 0 Å². The molecule has 132 valence electrons. The van der Waals surface area contributed by atoms with Gasteiger partial charge >= 0.3 is 0 Å². The predicted molar refractivity (Wildman–Crippen MR) is 98.8 cm³/mol. The molecule has 0 fully saturated rings. The fourth-order valence-corrected chi connectivity index (χ4v) is 3.19. The van der Waals surface area contributed by atoms with Gasteiger partial charge in [-0.3, -0.25) is 4.79 Å². The van der Waals surface area contributed by atoms with Crippen LogP contribution >= 0.6 is 0 Å². The molecule has 0 spiro atoms. The van der Waals surface area contributed by atoms with Gasteiger partial charge in [0.05, 0.1) is 6.20 Å². The highest BCUT2D eigenvalue weighted by Crippen LogP contribution is 2.36. The zero-order valence-corrected chi connectivity index (χ0v) is 14.5. The minimum absolute atomic E-state index is 0.0102. The van der Waals surface area contributed by atoms with E-state index in [4.69, 9.17) is 0 Å². The molecule has 0 bridgehead atoms. The average molecular weight is 348 g/mol. The van der Waals surface area contributed by atoms with Gasteiger partial charge in [0.25, 0.3) is 0 Å². The Balaban J connectivity index is 1.52. The van der Waals surface area contributed by atoms with Crippen molar-refractivity contribution in [2.45, 2.75) is 32.4 Å². The number of benzene rings is 1. The molecule has 0 radical (unpaired) electrons. The van der Waals surface area contributed by atoms with Gasteiger partial charge in [0, 0.05) is 43.4 Å². The van der Waals surface area contributed by atoms with Gasteiger partial charge in [-0.05, 0) is 18.1 Å². The lowest BCUT2D eigenvalue weighted by atomic mass is 9.89. The Morgan fingerprint density at radius 3 is 2.69 bits per heavy atom. The standard InChI is InChI=1S/C19H20N6O/c1-2-25-18-16(12-23-25)15(8-17(26)24-18)14-10-21-19(22-11-14)20-9-13-6-4-3-5-7-13/h3-7,10-12,15H,2,8-9H2,1H3,(H,24,26)(H,20,21,22)/t15-/m1/s1. The summed E-state index contributed by atoms with van der Waals surface area (Å²) in [5, 5.41) is 10.5. The van der Waals surface area contributed by atoms with Crippen LogP contribution in [0.2, 0.25) is 0 Å². The fourth-order valence-electron chi connectivity index (χ4n) is 3.19. The molecule has 1 amide bonds. The second-order valence-corrected chi connectivity index (χ2v) is 6.25. The second-order valence-electron chi connectivity index (χ2n) is 6.25. The van der Waals surface area contributed by atoms with E-state index in [1.54, 1.807) is 17.1 Å². The van der Waals surface area contributed by atoms with Crippen LogP contribution in [0.1, 0.15) is 36.0 Å². The highest BCUT2D eigenvalue weighted by Gasteiger charge is 2.30. The summed E-state index contributed by atoms with van der Waals surface area (Å²) in [6.45, 7) is 3.37. The molecule has 1 aliphatic heterocycles. The van der Waals surface area contributed by atoms with Gasteiger partial charge in [-0.2, -0.15) is 5.10 Å². The molecule has 0 unspecified atom stereocenters. The van der Waals surface area contributed by atoms with E-state index in [1.807, 2.05) is 31.3 Å². The summed E-state index contributed by atoms with van der Waals surface area (Å²) in [4.78, 5) is 20.9. The van der Waals surface area contributed by atoms with Crippen molar-refractivity contribution in [3.63, 3.8) is 0 Å². The molecule has 1 atom stereocenters. The van der Waals surface area contributed by atoms with Gasteiger partial charge in [-0.1, -0.05) is 30.3 Å². The van der Waals surface area contributed by atoms with Crippen molar-refractivity contribution >= 4 is 17.7 Å². The molecule has 7 heteroatoms. The first-order chi connectivity index (χ1) is 12.7. The van der Waals surface area contributed by atoms with E-state index >= 15 is 0 Å². The van der Waals surface area contributed by atoms with Crippen LogP contribution in [0, 0.1) is 0 Å². The van der Waals surface area contributed by atoms with Crippen molar-refractivity contribution in [1.29, 1.82) is 0 Å². The van der Waals surface area contributed by atoms with Crippen molar-refractivity contribution in [2.75, 3.05) is 10.6 Å². The van der Waals surface area contributed by atoms with Crippen LogP contribution in [0.5, 0.6) is 0 Å². The molecule has 0 aliphatic carbocycles. The van der Waals surface area contributed by atoms with Gasteiger partial charge in [0.1, 0.15) is 5.82 Å². The summed E-state index contributed by atoms with van der Waals surface area (Å²) >= 11 is 0. The number of amides is 1. The van der Waals surface area contributed by atoms with Crippen LogP contribution in [0.3, 0.4) is 0 Å². The number of anilines is 2. The Hall–Kier alpha value is -3.22. The van der Waals surface area contributed by atoms with E-state index in [0.29, 0.717) is 25.5 Å². The number of hydrogen-bond acceptors (Lipinski definition) is 5. The smallest absolute Gasteiger partial charge is 0.226 e. The van der Waals surface area contributed by atoms with Crippen molar-refractivity contribution in [1.82, 2.24) is 19.7 Å². The van der Waals surface area contributed by atoms with Crippen LogP contribution in [0.25, 0.3) is 0 Å². The van der Waals surface area contributed by atoms with E-state index in [-0.39, 0.29) is 11.8 Å². The Morgan fingerprint density at radius 1 is 1.19 bits per heavy atom. The summed E-state index contributed by atoms with van der Waals surface area (Å²) < 4.78 is 1.80. The maximum atomic E-state index is 12.1. The number of fused-ring (bicyclic) bond motifs is 1. The zero-order chi connectivity index (χ0) is 17.9. The van der Waals surface area contributed by atoms with E-state index in [2.05, 4.69) is 37.8 Å². The van der Waals surface area contributed by atoms with E-state index in [9.17, 15) is 4.79 Å². The minimum atomic E-state index is -0.0674. The van der Waals surface area contributed by atoms with Gasteiger partial charge in [0.15, 0.2) is 0 Å². The highest BCUT2D eigenvalue weighted by molar-refractivity contribution is 5.94. The van der Waals surface area contributed by atoms with Crippen LogP contribution in [0.4, 0.5) is 11.8 Å². The molecule has 2 N–H and O–H groups in total. The highest BCUT2D eigenvalue weighted by atomic mass is 16.1. The summed E-state index contributed by atoms with van der Waals surface area (Å²) in [7, 11) is 0. The predicted octanol–water partition coefficient (Wildman–Crippen LogP) is 2.78. The summed E-state index contributed by atoms with van der Waals surface area (Å²) in [5.41, 5.74) is 3.10. The molecule has 0 saturated heterocycles. The lowest BCUT2D eigenvalue weighted by Crippen LogP contribution is -2.25. The van der Waals surface area contributed by atoms with Crippen LogP contribution in [-0.4, -0.2) is 25.7 Å². The number of aromatic nitrogens is 4. The zero-order valence-electron chi connectivity index (χ0n) is 14.5. The molecule has 4 rings (SSSR count). The topological polar surface area (TPSA) is 84.7 Å². The number of carbonyl (C=O) groups is 1. The maximum absolute atomic E-state index is 12.1. The normalized spacial score (nSPS) is 16.0. The van der Waals surface area contributed by atoms with Crippen molar-refractivity contribution in [3.05, 3.63) is 65.6 Å². The molecule has 0 saturated carbocycles. The molecule has 7 nitrogen and oxygen atoms in total. The van der Waals surface area contributed by atoms with Gasteiger partial charge < -0.3 is 10.6 Å².